The molecule has 1 unspecified atom stereocenters. The van der Waals surface area contributed by atoms with Gasteiger partial charge in [-0.1, -0.05) is 46.3 Å². The Morgan fingerprint density at radius 2 is 1.71 bits per heavy atom. The SMILES string of the molecule is COc1ccccc1S(=O)(=O)NC(C)c1ccccc1Br. The zero-order valence-corrected chi connectivity index (χ0v) is 14.1. The molecule has 0 bridgehead atoms. The number of ether oxygens (including phenoxy) is 1. The van der Waals surface area contributed by atoms with E-state index in [1.54, 1.807) is 25.1 Å². The van der Waals surface area contributed by atoms with Crippen molar-refractivity contribution in [3.05, 3.63) is 58.6 Å². The fraction of sp³-hybridized carbons (Fsp3) is 0.200. The van der Waals surface area contributed by atoms with Gasteiger partial charge in [-0.3, -0.25) is 0 Å². The topological polar surface area (TPSA) is 55.4 Å². The van der Waals surface area contributed by atoms with Crippen LogP contribution in [0.1, 0.15) is 18.5 Å². The summed E-state index contributed by atoms with van der Waals surface area (Å²) in [5.74, 6) is 0.323. The average Bonchev–Trinajstić information content (AvgIpc) is 2.47. The summed E-state index contributed by atoms with van der Waals surface area (Å²) in [6.45, 7) is 1.80. The Balaban J connectivity index is 2.32. The number of halogens is 1. The Morgan fingerprint density at radius 1 is 1.10 bits per heavy atom. The number of para-hydroxylation sites is 1. The summed E-state index contributed by atoms with van der Waals surface area (Å²) in [5.41, 5.74) is 0.871. The van der Waals surface area contributed by atoms with Gasteiger partial charge in [-0.2, -0.15) is 0 Å². The molecule has 0 aliphatic heterocycles. The highest BCUT2D eigenvalue weighted by Gasteiger charge is 2.22. The molecular formula is C15H16BrNO3S. The van der Waals surface area contributed by atoms with Crippen molar-refractivity contribution in [3.8, 4) is 5.75 Å². The molecule has 0 amide bonds. The number of benzene rings is 2. The van der Waals surface area contributed by atoms with Crippen molar-refractivity contribution in [1.29, 1.82) is 0 Å². The van der Waals surface area contributed by atoms with Gasteiger partial charge in [0.2, 0.25) is 10.0 Å². The first-order valence-corrected chi connectivity index (χ1v) is 8.63. The van der Waals surface area contributed by atoms with E-state index in [1.165, 1.54) is 13.2 Å². The van der Waals surface area contributed by atoms with Crippen LogP contribution in [-0.4, -0.2) is 15.5 Å². The second kappa shape index (κ2) is 6.60. The van der Waals surface area contributed by atoms with Crippen molar-refractivity contribution in [2.45, 2.75) is 17.9 Å². The van der Waals surface area contributed by atoms with E-state index >= 15 is 0 Å². The third kappa shape index (κ3) is 3.64. The predicted octanol–water partition coefficient (Wildman–Crippen LogP) is 3.50. The molecule has 112 valence electrons. The van der Waals surface area contributed by atoms with Crippen LogP contribution in [0.2, 0.25) is 0 Å². The van der Waals surface area contributed by atoms with E-state index in [2.05, 4.69) is 20.7 Å². The minimum absolute atomic E-state index is 0.131. The second-order valence-corrected chi connectivity index (χ2v) is 7.05. The van der Waals surface area contributed by atoms with E-state index in [0.717, 1.165) is 10.0 Å². The molecule has 1 atom stereocenters. The van der Waals surface area contributed by atoms with E-state index in [-0.39, 0.29) is 10.9 Å². The number of hydrogen-bond acceptors (Lipinski definition) is 3. The number of sulfonamides is 1. The van der Waals surface area contributed by atoms with Crippen molar-refractivity contribution >= 4 is 26.0 Å². The highest BCUT2D eigenvalue weighted by atomic mass is 79.9. The molecule has 0 aliphatic rings. The van der Waals surface area contributed by atoms with Gasteiger partial charge in [0.25, 0.3) is 0 Å². The lowest BCUT2D eigenvalue weighted by atomic mass is 10.1. The molecule has 6 heteroatoms. The first-order chi connectivity index (χ1) is 9.95. The molecule has 0 fully saturated rings. The molecule has 0 aliphatic carbocycles. The van der Waals surface area contributed by atoms with Crippen LogP contribution in [0.4, 0.5) is 0 Å². The Labute approximate surface area is 133 Å². The molecule has 2 aromatic rings. The largest absolute Gasteiger partial charge is 0.495 e. The van der Waals surface area contributed by atoms with E-state index in [4.69, 9.17) is 4.74 Å². The Kier molecular flexibility index (Phi) is 5.03. The molecule has 0 saturated carbocycles. The molecule has 4 nitrogen and oxygen atoms in total. The Bertz CT molecular complexity index is 731. The molecule has 2 aromatic carbocycles. The summed E-state index contributed by atoms with van der Waals surface area (Å²) < 4.78 is 33.6. The lowest BCUT2D eigenvalue weighted by Gasteiger charge is -2.17. The van der Waals surface area contributed by atoms with Crippen molar-refractivity contribution in [1.82, 2.24) is 4.72 Å². The number of rotatable bonds is 5. The molecule has 0 spiro atoms. The normalized spacial score (nSPS) is 12.9. The van der Waals surface area contributed by atoms with Gasteiger partial charge >= 0.3 is 0 Å². The maximum Gasteiger partial charge on any atom is 0.244 e. The quantitative estimate of drug-likeness (QED) is 0.877. The molecule has 0 heterocycles. The maximum absolute atomic E-state index is 12.5. The smallest absolute Gasteiger partial charge is 0.244 e. The summed E-state index contributed by atoms with van der Waals surface area (Å²) in [4.78, 5) is 0.131. The van der Waals surface area contributed by atoms with Crippen molar-refractivity contribution in [3.63, 3.8) is 0 Å². The molecular weight excluding hydrogens is 354 g/mol. The summed E-state index contributed by atoms with van der Waals surface area (Å²) in [6.07, 6.45) is 0. The standard InChI is InChI=1S/C15H16BrNO3S/c1-11(12-7-3-4-8-13(12)16)17-21(18,19)15-10-6-5-9-14(15)20-2/h3-11,17H,1-2H3. The fourth-order valence-electron chi connectivity index (χ4n) is 2.03. The zero-order chi connectivity index (χ0) is 15.5. The molecule has 0 aromatic heterocycles. The third-order valence-corrected chi connectivity index (χ3v) is 5.36. The van der Waals surface area contributed by atoms with Gasteiger partial charge in [0.1, 0.15) is 10.6 Å². The number of nitrogens with one attached hydrogen (secondary N) is 1. The minimum Gasteiger partial charge on any atom is -0.495 e. The average molecular weight is 370 g/mol. The first kappa shape index (κ1) is 16.0. The van der Waals surface area contributed by atoms with Crippen molar-refractivity contribution < 1.29 is 13.2 Å². The first-order valence-electron chi connectivity index (χ1n) is 6.35. The summed E-state index contributed by atoms with van der Waals surface area (Å²) >= 11 is 3.43. The lowest BCUT2D eigenvalue weighted by Crippen LogP contribution is -2.27. The van der Waals surface area contributed by atoms with Gasteiger partial charge in [0.15, 0.2) is 0 Å². The molecule has 1 N–H and O–H groups in total. The molecule has 21 heavy (non-hydrogen) atoms. The zero-order valence-electron chi connectivity index (χ0n) is 11.7. The molecule has 0 radical (unpaired) electrons. The summed E-state index contributed by atoms with van der Waals surface area (Å²) in [7, 11) is -2.21. The van der Waals surface area contributed by atoms with Crippen LogP contribution in [-0.2, 0) is 10.0 Å². The Hall–Kier alpha value is -1.37. The van der Waals surface area contributed by atoms with Gasteiger partial charge in [0, 0.05) is 10.5 Å². The third-order valence-electron chi connectivity index (χ3n) is 3.06. The number of hydrogen-bond donors (Lipinski definition) is 1. The van der Waals surface area contributed by atoms with Gasteiger partial charge < -0.3 is 4.74 Å². The van der Waals surface area contributed by atoms with Gasteiger partial charge in [-0.05, 0) is 30.7 Å². The van der Waals surface area contributed by atoms with E-state index in [0.29, 0.717) is 5.75 Å². The van der Waals surface area contributed by atoms with Gasteiger partial charge in [-0.25, -0.2) is 13.1 Å². The van der Waals surface area contributed by atoms with E-state index in [1.807, 2.05) is 24.3 Å². The monoisotopic (exact) mass is 369 g/mol. The highest BCUT2D eigenvalue weighted by molar-refractivity contribution is 9.10. The van der Waals surface area contributed by atoms with E-state index in [9.17, 15) is 8.42 Å². The van der Waals surface area contributed by atoms with Crippen molar-refractivity contribution in [2.24, 2.45) is 0 Å². The van der Waals surface area contributed by atoms with Gasteiger partial charge in [-0.15, -0.1) is 0 Å². The second-order valence-electron chi connectivity index (χ2n) is 4.52. The minimum atomic E-state index is -3.66. The van der Waals surface area contributed by atoms with Crippen LogP contribution in [0.15, 0.2) is 57.9 Å². The molecule has 0 saturated heterocycles. The maximum atomic E-state index is 12.5. The Morgan fingerprint density at radius 3 is 2.38 bits per heavy atom. The van der Waals surface area contributed by atoms with Crippen LogP contribution in [0.3, 0.4) is 0 Å². The summed E-state index contributed by atoms with van der Waals surface area (Å²) in [6, 6.07) is 13.7. The van der Waals surface area contributed by atoms with Crippen LogP contribution in [0, 0.1) is 0 Å². The molecule has 2 rings (SSSR count). The van der Waals surface area contributed by atoms with E-state index < -0.39 is 10.0 Å². The van der Waals surface area contributed by atoms with Gasteiger partial charge in [0.05, 0.1) is 7.11 Å². The van der Waals surface area contributed by atoms with Crippen LogP contribution in [0.25, 0.3) is 0 Å². The van der Waals surface area contributed by atoms with Crippen LogP contribution >= 0.6 is 15.9 Å². The highest BCUT2D eigenvalue weighted by Crippen LogP contribution is 2.27. The lowest BCUT2D eigenvalue weighted by molar-refractivity contribution is 0.402. The fourth-order valence-corrected chi connectivity index (χ4v) is 4.05. The predicted molar refractivity (Wildman–Crippen MR) is 85.9 cm³/mol. The number of methoxy groups -OCH3 is 1. The van der Waals surface area contributed by atoms with Crippen LogP contribution in [0.5, 0.6) is 5.75 Å². The van der Waals surface area contributed by atoms with Crippen LogP contribution < -0.4 is 9.46 Å². The van der Waals surface area contributed by atoms with Crippen molar-refractivity contribution in [2.75, 3.05) is 7.11 Å². The summed E-state index contributed by atoms with van der Waals surface area (Å²) in [5, 5.41) is 0.